The van der Waals surface area contributed by atoms with E-state index in [9.17, 15) is 9.59 Å². The van der Waals surface area contributed by atoms with Crippen molar-refractivity contribution in [3.05, 3.63) is 0 Å². The Morgan fingerprint density at radius 1 is 0.750 bits per heavy atom. The molecule has 0 heterocycles. The predicted molar refractivity (Wildman–Crippen MR) is 82.5 cm³/mol. The zero-order chi connectivity index (χ0) is 14.9. The van der Waals surface area contributed by atoms with Gasteiger partial charge >= 0.3 is 12.4 Å². The lowest BCUT2D eigenvalue weighted by Crippen LogP contribution is -2.01. The molecule has 0 aliphatic rings. The van der Waals surface area contributed by atoms with Gasteiger partial charge in [0.05, 0.1) is 0 Å². The second kappa shape index (κ2) is 16.2. The van der Waals surface area contributed by atoms with Gasteiger partial charge in [0.15, 0.2) is 0 Å². The molecule has 0 saturated heterocycles. The van der Waals surface area contributed by atoms with E-state index in [-0.39, 0.29) is 6.47 Å². The summed E-state index contributed by atoms with van der Waals surface area (Å²) in [6.07, 6.45) is 17.1. The van der Waals surface area contributed by atoms with Crippen LogP contribution in [-0.2, 0) is 14.3 Å². The van der Waals surface area contributed by atoms with E-state index in [4.69, 9.17) is 0 Å². The fourth-order valence-corrected chi connectivity index (χ4v) is 2.40. The van der Waals surface area contributed by atoms with Crippen LogP contribution in [0.5, 0.6) is 0 Å². The maximum absolute atomic E-state index is 10.9. The highest BCUT2D eigenvalue weighted by Gasteiger charge is 2.00. The molecule has 0 aliphatic carbocycles. The molecular formula is C17H32O3. The monoisotopic (exact) mass is 284 g/mol. The highest BCUT2D eigenvalue weighted by Crippen LogP contribution is 2.12. The molecule has 118 valence electrons. The molecule has 0 rings (SSSR count). The molecule has 3 heteroatoms. The maximum atomic E-state index is 10.9. The van der Waals surface area contributed by atoms with Crippen molar-refractivity contribution in [1.29, 1.82) is 0 Å². The summed E-state index contributed by atoms with van der Waals surface area (Å²) in [6, 6.07) is 0. The molecule has 0 N–H and O–H groups in total. The van der Waals surface area contributed by atoms with Crippen molar-refractivity contribution in [3.8, 4) is 0 Å². The Balaban J connectivity index is 3.02. The van der Waals surface area contributed by atoms with Crippen LogP contribution in [0, 0.1) is 0 Å². The van der Waals surface area contributed by atoms with Gasteiger partial charge in [0.2, 0.25) is 0 Å². The number of carbonyl (C=O) groups is 2. The van der Waals surface area contributed by atoms with E-state index >= 15 is 0 Å². The fourth-order valence-electron chi connectivity index (χ4n) is 2.40. The minimum Gasteiger partial charge on any atom is -0.395 e. The van der Waals surface area contributed by atoms with Crippen LogP contribution in [0.4, 0.5) is 0 Å². The highest BCUT2D eigenvalue weighted by atomic mass is 16.6. The largest absolute Gasteiger partial charge is 0.395 e. The summed E-state index contributed by atoms with van der Waals surface area (Å²) < 4.78 is 4.23. The Morgan fingerprint density at radius 3 is 1.55 bits per heavy atom. The van der Waals surface area contributed by atoms with E-state index in [0.717, 1.165) is 12.8 Å². The Morgan fingerprint density at radius 2 is 1.15 bits per heavy atom. The van der Waals surface area contributed by atoms with Gasteiger partial charge in [-0.25, -0.2) is 0 Å². The van der Waals surface area contributed by atoms with Gasteiger partial charge in [-0.2, -0.15) is 0 Å². The number of ether oxygens (including phenoxy) is 1. The predicted octanol–water partition coefficient (Wildman–Crippen LogP) is 5.17. The molecule has 0 aromatic rings. The standard InChI is InChI=1S/C17H32O3/c1-2-3-4-5-6-7-8-9-10-11-12-13-14-15-17(19)20-16-18/h16H,2-15H2,1H3. The molecule has 0 radical (unpaired) electrons. The summed E-state index contributed by atoms with van der Waals surface area (Å²) in [6.45, 7) is 2.47. The van der Waals surface area contributed by atoms with E-state index in [2.05, 4.69) is 11.7 Å². The average molecular weight is 284 g/mol. The van der Waals surface area contributed by atoms with Gasteiger partial charge in [0.1, 0.15) is 0 Å². The summed E-state index contributed by atoms with van der Waals surface area (Å²) in [5.74, 6) is -0.400. The van der Waals surface area contributed by atoms with Gasteiger partial charge < -0.3 is 4.74 Å². The average Bonchev–Trinajstić information content (AvgIpc) is 2.44. The SMILES string of the molecule is CCCCCCCCCCCCCCCC(=O)OC=O. The molecule has 3 nitrogen and oxygen atoms in total. The first-order chi connectivity index (χ1) is 9.81. The molecular weight excluding hydrogens is 252 g/mol. The van der Waals surface area contributed by atoms with Gasteiger partial charge in [-0.3, -0.25) is 9.59 Å². The second-order valence-corrected chi connectivity index (χ2v) is 5.58. The van der Waals surface area contributed by atoms with Gasteiger partial charge in [-0.15, -0.1) is 0 Å². The summed E-state index contributed by atoms with van der Waals surface area (Å²) in [7, 11) is 0. The molecule has 0 bridgehead atoms. The van der Waals surface area contributed by atoms with Crippen LogP contribution < -0.4 is 0 Å². The lowest BCUT2D eigenvalue weighted by molar-refractivity contribution is -0.151. The van der Waals surface area contributed by atoms with Crippen LogP contribution in [0.25, 0.3) is 0 Å². The lowest BCUT2D eigenvalue weighted by Gasteiger charge is -2.02. The Labute approximate surface area is 124 Å². The van der Waals surface area contributed by atoms with Crippen molar-refractivity contribution >= 4 is 12.4 Å². The third-order valence-electron chi connectivity index (χ3n) is 3.66. The van der Waals surface area contributed by atoms with E-state index in [1.54, 1.807) is 0 Å². The van der Waals surface area contributed by atoms with E-state index < -0.39 is 5.97 Å². The van der Waals surface area contributed by atoms with Crippen LogP contribution in [0.3, 0.4) is 0 Å². The zero-order valence-corrected chi connectivity index (χ0v) is 13.2. The normalized spacial score (nSPS) is 10.4. The second-order valence-electron chi connectivity index (χ2n) is 5.58. The summed E-state index contributed by atoms with van der Waals surface area (Å²) in [5.41, 5.74) is 0. The van der Waals surface area contributed by atoms with Crippen molar-refractivity contribution in [2.75, 3.05) is 0 Å². The molecule has 0 unspecified atom stereocenters. The fraction of sp³-hybridized carbons (Fsp3) is 0.882. The Kier molecular flexibility index (Phi) is 15.5. The molecule has 0 aromatic carbocycles. The first kappa shape index (κ1) is 19.1. The Bertz CT molecular complexity index is 226. The van der Waals surface area contributed by atoms with Gasteiger partial charge in [0.25, 0.3) is 0 Å². The van der Waals surface area contributed by atoms with Crippen LogP contribution in [0.1, 0.15) is 96.8 Å². The van der Waals surface area contributed by atoms with E-state index in [1.807, 2.05) is 0 Å². The molecule has 0 aliphatic heterocycles. The summed E-state index contributed by atoms with van der Waals surface area (Å²) in [4.78, 5) is 20.8. The molecule has 0 saturated carbocycles. The molecule has 20 heavy (non-hydrogen) atoms. The van der Waals surface area contributed by atoms with Gasteiger partial charge in [0, 0.05) is 6.42 Å². The van der Waals surface area contributed by atoms with Crippen LogP contribution in [0.2, 0.25) is 0 Å². The number of esters is 1. The minimum atomic E-state index is -0.400. The first-order valence-corrected chi connectivity index (χ1v) is 8.44. The van der Waals surface area contributed by atoms with Crippen LogP contribution in [0.15, 0.2) is 0 Å². The van der Waals surface area contributed by atoms with Crippen molar-refractivity contribution < 1.29 is 14.3 Å². The van der Waals surface area contributed by atoms with Crippen molar-refractivity contribution in [2.24, 2.45) is 0 Å². The maximum Gasteiger partial charge on any atom is 0.313 e. The molecule has 0 spiro atoms. The molecule has 0 amide bonds. The minimum absolute atomic E-state index is 0.213. The summed E-state index contributed by atoms with van der Waals surface area (Å²) >= 11 is 0. The Hall–Kier alpha value is -0.860. The van der Waals surface area contributed by atoms with Crippen molar-refractivity contribution in [3.63, 3.8) is 0 Å². The molecule has 0 aromatic heterocycles. The van der Waals surface area contributed by atoms with Crippen LogP contribution >= 0.6 is 0 Å². The first-order valence-electron chi connectivity index (χ1n) is 8.44. The molecule has 0 atom stereocenters. The topological polar surface area (TPSA) is 43.4 Å². The number of hydrogen-bond donors (Lipinski definition) is 0. The number of rotatable bonds is 15. The number of unbranched alkanes of at least 4 members (excludes halogenated alkanes) is 12. The van der Waals surface area contributed by atoms with E-state index in [0.29, 0.717) is 6.42 Å². The number of carbonyl (C=O) groups excluding carboxylic acids is 2. The van der Waals surface area contributed by atoms with Crippen molar-refractivity contribution in [2.45, 2.75) is 96.8 Å². The lowest BCUT2D eigenvalue weighted by atomic mass is 10.0. The summed E-state index contributed by atoms with van der Waals surface area (Å²) in [5, 5.41) is 0. The van der Waals surface area contributed by atoms with Crippen molar-refractivity contribution in [1.82, 2.24) is 0 Å². The molecule has 0 fully saturated rings. The third-order valence-corrected chi connectivity index (χ3v) is 3.66. The van der Waals surface area contributed by atoms with Gasteiger partial charge in [-0.05, 0) is 6.42 Å². The smallest absolute Gasteiger partial charge is 0.313 e. The van der Waals surface area contributed by atoms with Crippen LogP contribution in [-0.4, -0.2) is 12.4 Å². The number of hydrogen-bond acceptors (Lipinski definition) is 3. The van der Waals surface area contributed by atoms with Gasteiger partial charge in [-0.1, -0.05) is 84.0 Å². The van der Waals surface area contributed by atoms with E-state index in [1.165, 1.54) is 70.6 Å². The quantitative estimate of drug-likeness (QED) is 0.180. The zero-order valence-electron chi connectivity index (χ0n) is 13.2. The highest BCUT2D eigenvalue weighted by molar-refractivity contribution is 5.76. The third kappa shape index (κ3) is 15.2.